The minimum absolute atomic E-state index is 0.198. The Bertz CT molecular complexity index is 483. The largest absolute Gasteiger partial charge is 0.466 e. The van der Waals surface area contributed by atoms with Gasteiger partial charge in [0.15, 0.2) is 0 Å². The van der Waals surface area contributed by atoms with E-state index in [1.165, 1.54) is 6.42 Å². The normalized spacial score (nSPS) is 16.2. The van der Waals surface area contributed by atoms with Gasteiger partial charge in [0.25, 0.3) is 0 Å². The van der Waals surface area contributed by atoms with Gasteiger partial charge in [0.2, 0.25) is 0 Å². The molecule has 0 aromatic rings. The first-order chi connectivity index (χ1) is 13.1. The van der Waals surface area contributed by atoms with E-state index in [0.29, 0.717) is 51.2 Å². The molecule has 0 aromatic carbocycles. The smallest absolute Gasteiger partial charge is 0.323 e. The summed E-state index contributed by atoms with van der Waals surface area (Å²) in [5, 5.41) is 3.16. The zero-order chi connectivity index (χ0) is 19.9. The Morgan fingerprint density at radius 3 is 2.37 bits per heavy atom. The van der Waals surface area contributed by atoms with Gasteiger partial charge in [-0.3, -0.25) is 14.4 Å². The van der Waals surface area contributed by atoms with Crippen LogP contribution in [0.1, 0.15) is 71.6 Å². The number of hydrogen-bond acceptors (Lipinski definition) is 6. The van der Waals surface area contributed by atoms with Crippen LogP contribution in [-0.4, -0.2) is 43.5 Å². The predicted molar refractivity (Wildman–Crippen MR) is 104 cm³/mol. The molecule has 0 spiro atoms. The van der Waals surface area contributed by atoms with Crippen molar-refractivity contribution in [2.24, 2.45) is 5.92 Å². The minimum atomic E-state index is -0.469. The van der Waals surface area contributed by atoms with Crippen molar-refractivity contribution in [2.75, 3.05) is 19.8 Å². The first-order valence-electron chi connectivity index (χ1n) is 10.3. The third kappa shape index (κ3) is 10.3. The fourth-order valence-corrected chi connectivity index (χ4v) is 3.29. The third-order valence-corrected chi connectivity index (χ3v) is 4.75. The van der Waals surface area contributed by atoms with E-state index < -0.39 is 6.04 Å². The molecule has 0 amide bonds. The number of ether oxygens (including phenoxy) is 2. The molecule has 0 aromatic heterocycles. The Morgan fingerprint density at radius 2 is 1.70 bits per heavy atom. The summed E-state index contributed by atoms with van der Waals surface area (Å²) in [6, 6.07) is -0.469. The molecule has 0 heterocycles. The fraction of sp³-hybridized carbons (Fsp3) is 0.762. The van der Waals surface area contributed by atoms with Gasteiger partial charge >= 0.3 is 11.9 Å². The lowest BCUT2D eigenvalue weighted by Crippen LogP contribution is -2.39. The predicted octanol–water partition coefficient (Wildman–Crippen LogP) is 3.34. The van der Waals surface area contributed by atoms with Crippen molar-refractivity contribution >= 4 is 17.7 Å². The molecule has 1 aliphatic rings. The van der Waals surface area contributed by atoms with Crippen molar-refractivity contribution in [3.63, 3.8) is 0 Å². The molecule has 1 rings (SSSR count). The van der Waals surface area contributed by atoms with Crippen molar-refractivity contribution in [3.05, 3.63) is 12.2 Å². The Hall–Kier alpha value is -1.69. The second kappa shape index (κ2) is 14.4. The van der Waals surface area contributed by atoms with E-state index in [1.807, 2.05) is 12.2 Å². The number of carbonyl (C=O) groups is 3. The summed E-state index contributed by atoms with van der Waals surface area (Å²) < 4.78 is 9.98. The molecular weight excluding hydrogens is 346 g/mol. The highest BCUT2D eigenvalue weighted by Crippen LogP contribution is 2.25. The zero-order valence-corrected chi connectivity index (χ0v) is 16.8. The van der Waals surface area contributed by atoms with Crippen LogP contribution in [0.15, 0.2) is 12.2 Å². The average molecular weight is 382 g/mol. The quantitative estimate of drug-likeness (QED) is 0.389. The van der Waals surface area contributed by atoms with Crippen LogP contribution in [0.3, 0.4) is 0 Å². The molecule has 1 aliphatic carbocycles. The second-order valence-corrected chi connectivity index (χ2v) is 6.86. The van der Waals surface area contributed by atoms with Crippen molar-refractivity contribution in [1.29, 1.82) is 0 Å². The first kappa shape index (κ1) is 23.3. The van der Waals surface area contributed by atoms with Crippen molar-refractivity contribution in [1.82, 2.24) is 5.32 Å². The van der Waals surface area contributed by atoms with Gasteiger partial charge in [0, 0.05) is 25.3 Å². The molecule has 6 nitrogen and oxygen atoms in total. The molecule has 0 radical (unpaired) electrons. The van der Waals surface area contributed by atoms with Crippen LogP contribution in [0.2, 0.25) is 0 Å². The van der Waals surface area contributed by atoms with E-state index >= 15 is 0 Å². The SMILES string of the molecule is CCOC(=O)CC/C=C/CC(NCCC(=O)C1CCCCC1)C(=O)OCC. The highest BCUT2D eigenvalue weighted by atomic mass is 16.5. The van der Waals surface area contributed by atoms with Gasteiger partial charge in [-0.1, -0.05) is 31.4 Å². The number of carbonyl (C=O) groups excluding carboxylic acids is 3. The van der Waals surface area contributed by atoms with Gasteiger partial charge in [-0.2, -0.15) is 0 Å². The maximum absolute atomic E-state index is 12.3. The summed E-state index contributed by atoms with van der Waals surface area (Å²) >= 11 is 0. The maximum atomic E-state index is 12.3. The molecule has 0 saturated heterocycles. The molecule has 0 aliphatic heterocycles. The number of nitrogens with one attached hydrogen (secondary N) is 1. The van der Waals surface area contributed by atoms with Crippen LogP contribution >= 0.6 is 0 Å². The van der Waals surface area contributed by atoms with Gasteiger partial charge in [-0.25, -0.2) is 0 Å². The number of esters is 2. The van der Waals surface area contributed by atoms with Crippen LogP contribution in [0.25, 0.3) is 0 Å². The summed E-state index contributed by atoms with van der Waals surface area (Å²) in [7, 11) is 0. The van der Waals surface area contributed by atoms with Crippen LogP contribution < -0.4 is 5.32 Å². The summed E-state index contributed by atoms with van der Waals surface area (Å²) in [5.41, 5.74) is 0. The van der Waals surface area contributed by atoms with E-state index in [9.17, 15) is 14.4 Å². The third-order valence-electron chi connectivity index (χ3n) is 4.75. The highest BCUT2D eigenvalue weighted by molar-refractivity contribution is 5.81. The Labute approximate surface area is 163 Å². The lowest BCUT2D eigenvalue weighted by Gasteiger charge is -2.21. The monoisotopic (exact) mass is 381 g/mol. The Morgan fingerprint density at radius 1 is 1.00 bits per heavy atom. The average Bonchev–Trinajstić information content (AvgIpc) is 2.67. The molecule has 27 heavy (non-hydrogen) atoms. The number of hydrogen-bond donors (Lipinski definition) is 1. The summed E-state index contributed by atoms with van der Waals surface area (Å²) in [5.74, 6) is -0.0275. The molecule has 154 valence electrons. The van der Waals surface area contributed by atoms with E-state index in [-0.39, 0.29) is 17.9 Å². The number of ketones is 1. The molecule has 0 bridgehead atoms. The maximum Gasteiger partial charge on any atom is 0.323 e. The van der Waals surface area contributed by atoms with Crippen molar-refractivity contribution in [2.45, 2.75) is 77.7 Å². The van der Waals surface area contributed by atoms with E-state index in [1.54, 1.807) is 13.8 Å². The lowest BCUT2D eigenvalue weighted by atomic mass is 9.85. The van der Waals surface area contributed by atoms with E-state index in [2.05, 4.69) is 5.32 Å². The number of rotatable bonds is 13. The molecule has 6 heteroatoms. The summed E-state index contributed by atoms with van der Waals surface area (Å²) in [6.07, 6.45) is 11.1. The van der Waals surface area contributed by atoms with Gasteiger partial charge < -0.3 is 14.8 Å². The molecule has 1 N–H and O–H groups in total. The van der Waals surface area contributed by atoms with Gasteiger partial charge in [0.05, 0.1) is 13.2 Å². The number of allylic oxidation sites excluding steroid dienone is 1. The number of Topliss-reactive ketones (excluding diaryl/α,β-unsaturated/α-hetero) is 1. The Kier molecular flexibility index (Phi) is 12.4. The fourth-order valence-electron chi connectivity index (χ4n) is 3.29. The Balaban J connectivity index is 2.36. The lowest BCUT2D eigenvalue weighted by molar-refractivity contribution is -0.146. The van der Waals surface area contributed by atoms with Crippen LogP contribution in [-0.2, 0) is 23.9 Å². The molecule has 1 fully saturated rings. The van der Waals surface area contributed by atoms with Crippen molar-refractivity contribution < 1.29 is 23.9 Å². The minimum Gasteiger partial charge on any atom is -0.466 e. The first-order valence-corrected chi connectivity index (χ1v) is 10.3. The summed E-state index contributed by atoms with van der Waals surface area (Å²) in [4.78, 5) is 35.7. The standard InChI is InChI=1S/C21H35NO5/c1-3-26-20(24)14-10-6-9-13-18(21(25)27-4-2)22-16-15-19(23)17-11-7-5-8-12-17/h6,9,17-18,22H,3-5,7-8,10-16H2,1-2H3/b9-6+. The van der Waals surface area contributed by atoms with Gasteiger partial charge in [-0.05, 0) is 39.5 Å². The molecular formula is C21H35NO5. The van der Waals surface area contributed by atoms with Gasteiger partial charge in [-0.15, -0.1) is 0 Å². The van der Waals surface area contributed by atoms with Crippen molar-refractivity contribution in [3.8, 4) is 0 Å². The molecule has 1 unspecified atom stereocenters. The van der Waals surface area contributed by atoms with E-state index in [0.717, 1.165) is 25.7 Å². The molecule has 1 saturated carbocycles. The summed E-state index contributed by atoms with van der Waals surface area (Å²) in [6.45, 7) is 4.75. The van der Waals surface area contributed by atoms with Crippen LogP contribution in [0.4, 0.5) is 0 Å². The topological polar surface area (TPSA) is 81.7 Å². The van der Waals surface area contributed by atoms with E-state index in [4.69, 9.17) is 9.47 Å². The van der Waals surface area contributed by atoms with Crippen LogP contribution in [0, 0.1) is 5.92 Å². The molecule has 1 atom stereocenters. The second-order valence-electron chi connectivity index (χ2n) is 6.86. The highest BCUT2D eigenvalue weighted by Gasteiger charge is 2.22. The van der Waals surface area contributed by atoms with Crippen LogP contribution in [0.5, 0.6) is 0 Å². The van der Waals surface area contributed by atoms with Gasteiger partial charge in [0.1, 0.15) is 11.8 Å². The zero-order valence-electron chi connectivity index (χ0n) is 16.8.